The standard InChI is InChI=1S/C17H13N3O4S2/c21-16-11-26-17(25)19(16)18-9-13-3-1-2-4-15(13)24-10-12-5-7-14(8-6-12)20(22)23/h1-9H,10-11H2/b18-9-. The molecule has 26 heavy (non-hydrogen) atoms. The van der Waals surface area contributed by atoms with Crippen LogP contribution in [-0.2, 0) is 11.4 Å². The number of hydrogen-bond donors (Lipinski definition) is 0. The van der Waals surface area contributed by atoms with E-state index >= 15 is 0 Å². The van der Waals surface area contributed by atoms with Gasteiger partial charge < -0.3 is 4.74 Å². The number of hydrogen-bond acceptors (Lipinski definition) is 7. The first-order chi connectivity index (χ1) is 12.5. The quantitative estimate of drug-likeness (QED) is 0.327. The Hall–Kier alpha value is -2.78. The Morgan fingerprint density at radius 1 is 1.27 bits per heavy atom. The average molecular weight is 387 g/mol. The Morgan fingerprint density at radius 2 is 2.00 bits per heavy atom. The van der Waals surface area contributed by atoms with Crippen LogP contribution in [0.1, 0.15) is 11.1 Å². The second-order valence-corrected chi connectivity index (χ2v) is 6.86. The van der Waals surface area contributed by atoms with Gasteiger partial charge >= 0.3 is 0 Å². The highest BCUT2D eigenvalue weighted by Gasteiger charge is 2.26. The van der Waals surface area contributed by atoms with E-state index in [1.807, 2.05) is 18.2 Å². The third-order valence-corrected chi connectivity index (χ3v) is 4.84. The van der Waals surface area contributed by atoms with Crippen LogP contribution in [-0.4, -0.2) is 32.1 Å². The van der Waals surface area contributed by atoms with E-state index < -0.39 is 4.92 Å². The molecule has 0 spiro atoms. The molecule has 1 aliphatic heterocycles. The van der Waals surface area contributed by atoms with Gasteiger partial charge in [-0.05, 0) is 29.8 Å². The van der Waals surface area contributed by atoms with Crippen LogP contribution in [0.3, 0.4) is 0 Å². The van der Waals surface area contributed by atoms with Gasteiger partial charge in [0, 0.05) is 17.7 Å². The SMILES string of the molecule is O=C1CSC(=S)N1/N=C\c1ccccc1OCc1ccc([N+](=O)[O-])cc1. The number of non-ortho nitro benzene ring substituents is 1. The van der Waals surface area contributed by atoms with Crippen LogP contribution in [0.5, 0.6) is 5.75 Å². The first-order valence-electron chi connectivity index (χ1n) is 7.53. The highest BCUT2D eigenvalue weighted by atomic mass is 32.2. The van der Waals surface area contributed by atoms with Crippen LogP contribution in [0.15, 0.2) is 53.6 Å². The summed E-state index contributed by atoms with van der Waals surface area (Å²) in [6.07, 6.45) is 1.53. The number of amides is 1. The van der Waals surface area contributed by atoms with Crippen molar-refractivity contribution in [1.82, 2.24) is 5.01 Å². The van der Waals surface area contributed by atoms with Crippen molar-refractivity contribution >= 4 is 46.1 Å². The number of ether oxygens (including phenoxy) is 1. The summed E-state index contributed by atoms with van der Waals surface area (Å²) in [7, 11) is 0. The molecule has 1 amide bonds. The number of nitro benzene ring substituents is 1. The lowest BCUT2D eigenvalue weighted by Gasteiger charge is -2.10. The second-order valence-electron chi connectivity index (χ2n) is 5.25. The van der Waals surface area contributed by atoms with Gasteiger partial charge in [0.05, 0.1) is 16.9 Å². The lowest BCUT2D eigenvalue weighted by Crippen LogP contribution is -2.22. The lowest BCUT2D eigenvalue weighted by molar-refractivity contribution is -0.384. The maximum Gasteiger partial charge on any atom is 0.269 e. The summed E-state index contributed by atoms with van der Waals surface area (Å²) < 4.78 is 6.22. The number of hydrazone groups is 1. The molecule has 1 saturated heterocycles. The van der Waals surface area contributed by atoms with E-state index in [1.54, 1.807) is 18.2 Å². The molecule has 7 nitrogen and oxygen atoms in total. The summed E-state index contributed by atoms with van der Waals surface area (Å²) >= 11 is 6.36. The van der Waals surface area contributed by atoms with Crippen molar-refractivity contribution in [3.05, 3.63) is 69.8 Å². The molecule has 1 aliphatic rings. The van der Waals surface area contributed by atoms with Crippen LogP contribution < -0.4 is 4.74 Å². The molecule has 3 rings (SSSR count). The van der Waals surface area contributed by atoms with Crippen molar-refractivity contribution in [3.8, 4) is 5.75 Å². The van der Waals surface area contributed by atoms with E-state index in [9.17, 15) is 14.9 Å². The van der Waals surface area contributed by atoms with Crippen LogP contribution in [0.2, 0.25) is 0 Å². The molecule has 2 aromatic carbocycles. The molecule has 0 saturated carbocycles. The maximum absolute atomic E-state index is 11.7. The molecule has 0 atom stereocenters. The topological polar surface area (TPSA) is 85.0 Å². The monoisotopic (exact) mass is 387 g/mol. The minimum absolute atomic E-state index is 0.0328. The van der Waals surface area contributed by atoms with E-state index in [0.29, 0.717) is 21.4 Å². The van der Waals surface area contributed by atoms with E-state index in [-0.39, 0.29) is 18.2 Å². The van der Waals surface area contributed by atoms with Gasteiger partial charge in [-0.1, -0.05) is 36.1 Å². The molecule has 0 radical (unpaired) electrons. The van der Waals surface area contributed by atoms with Gasteiger partial charge in [0.1, 0.15) is 12.4 Å². The Labute approximate surface area is 158 Å². The lowest BCUT2D eigenvalue weighted by atomic mass is 10.2. The number of thiocarbonyl (C=S) groups is 1. The van der Waals surface area contributed by atoms with Crippen molar-refractivity contribution in [2.45, 2.75) is 6.61 Å². The molecular weight excluding hydrogens is 374 g/mol. The number of para-hydroxylation sites is 1. The van der Waals surface area contributed by atoms with Crippen LogP contribution in [0, 0.1) is 10.1 Å². The van der Waals surface area contributed by atoms with Crippen LogP contribution in [0.25, 0.3) is 0 Å². The maximum atomic E-state index is 11.7. The number of carbonyl (C=O) groups excluding carboxylic acids is 1. The molecule has 132 valence electrons. The molecule has 0 N–H and O–H groups in total. The van der Waals surface area contributed by atoms with Crippen molar-refractivity contribution < 1.29 is 14.5 Å². The Balaban J connectivity index is 1.70. The Morgan fingerprint density at radius 3 is 2.65 bits per heavy atom. The molecule has 0 aromatic heterocycles. The highest BCUT2D eigenvalue weighted by molar-refractivity contribution is 8.23. The van der Waals surface area contributed by atoms with Crippen molar-refractivity contribution in [1.29, 1.82) is 0 Å². The van der Waals surface area contributed by atoms with Gasteiger partial charge in [0.25, 0.3) is 11.6 Å². The van der Waals surface area contributed by atoms with Crippen molar-refractivity contribution in [2.75, 3.05) is 5.75 Å². The predicted octanol–water partition coefficient (Wildman–Crippen LogP) is 3.37. The Bertz CT molecular complexity index is 868. The van der Waals surface area contributed by atoms with Crippen LogP contribution >= 0.6 is 24.0 Å². The van der Waals surface area contributed by atoms with Gasteiger partial charge in [-0.2, -0.15) is 10.1 Å². The van der Waals surface area contributed by atoms with Gasteiger partial charge in [0.2, 0.25) is 0 Å². The van der Waals surface area contributed by atoms with Crippen LogP contribution in [0.4, 0.5) is 5.69 Å². The number of benzene rings is 2. The normalized spacial score (nSPS) is 14.2. The zero-order valence-electron chi connectivity index (χ0n) is 13.4. The number of nitrogens with zero attached hydrogens (tertiary/aromatic N) is 3. The van der Waals surface area contributed by atoms with E-state index in [0.717, 1.165) is 5.56 Å². The molecule has 9 heteroatoms. The van der Waals surface area contributed by atoms with Gasteiger partial charge in [-0.15, -0.1) is 0 Å². The molecule has 1 heterocycles. The molecular formula is C17H13N3O4S2. The molecule has 1 fully saturated rings. The van der Waals surface area contributed by atoms with Gasteiger partial charge in [-0.25, -0.2) is 0 Å². The summed E-state index contributed by atoms with van der Waals surface area (Å²) in [5.74, 6) is 0.731. The van der Waals surface area contributed by atoms with E-state index in [2.05, 4.69) is 5.10 Å². The average Bonchev–Trinajstić information content (AvgIpc) is 2.97. The number of thioether (sulfide) groups is 1. The van der Waals surface area contributed by atoms with E-state index in [4.69, 9.17) is 17.0 Å². The smallest absolute Gasteiger partial charge is 0.269 e. The molecule has 0 aliphatic carbocycles. The van der Waals surface area contributed by atoms with Gasteiger partial charge in [0.15, 0.2) is 4.32 Å². The van der Waals surface area contributed by atoms with Crippen molar-refractivity contribution in [3.63, 3.8) is 0 Å². The summed E-state index contributed by atoms with van der Waals surface area (Å²) in [6.45, 7) is 0.250. The highest BCUT2D eigenvalue weighted by Crippen LogP contribution is 2.22. The second kappa shape index (κ2) is 8.07. The molecule has 0 bridgehead atoms. The minimum Gasteiger partial charge on any atom is -0.488 e. The predicted molar refractivity (Wildman–Crippen MR) is 103 cm³/mol. The summed E-state index contributed by atoms with van der Waals surface area (Å²) in [5, 5.41) is 16.0. The molecule has 2 aromatic rings. The first-order valence-corrected chi connectivity index (χ1v) is 8.93. The number of carbonyl (C=O) groups is 1. The summed E-state index contributed by atoms with van der Waals surface area (Å²) in [6, 6.07) is 13.4. The van der Waals surface area contributed by atoms with Gasteiger partial charge in [-0.3, -0.25) is 14.9 Å². The third-order valence-electron chi connectivity index (χ3n) is 3.50. The Kier molecular flexibility index (Phi) is 5.59. The van der Waals surface area contributed by atoms with E-state index in [1.165, 1.54) is 35.1 Å². The zero-order chi connectivity index (χ0) is 18.5. The zero-order valence-corrected chi connectivity index (χ0v) is 15.0. The minimum atomic E-state index is -0.446. The number of nitro groups is 1. The fraction of sp³-hybridized carbons (Fsp3) is 0.118. The third kappa shape index (κ3) is 4.24. The molecule has 0 unspecified atom stereocenters. The summed E-state index contributed by atoms with van der Waals surface area (Å²) in [4.78, 5) is 21.9. The fourth-order valence-corrected chi connectivity index (χ4v) is 3.14. The largest absolute Gasteiger partial charge is 0.488 e. The first kappa shape index (κ1) is 18.0. The number of rotatable bonds is 6. The fourth-order valence-electron chi connectivity index (χ4n) is 2.17. The summed E-state index contributed by atoms with van der Waals surface area (Å²) in [5.41, 5.74) is 1.53. The van der Waals surface area contributed by atoms with Crippen molar-refractivity contribution in [2.24, 2.45) is 5.10 Å².